The van der Waals surface area contributed by atoms with E-state index < -0.39 is 0 Å². The fraction of sp³-hybridized carbons (Fsp3) is 0. The van der Waals surface area contributed by atoms with Crippen LogP contribution in [0, 0.1) is 0 Å². The molecule has 7 heteroatoms. The number of hydrogen-bond acceptors (Lipinski definition) is 6. The Hall–Kier alpha value is -2.18. The van der Waals surface area contributed by atoms with Crippen molar-refractivity contribution in [2.75, 3.05) is 11.5 Å². The number of aromatic nitrogens is 5. The zero-order valence-electron chi connectivity index (χ0n) is 6.60. The predicted molar refractivity (Wildman–Crippen MR) is 46.2 cm³/mol. The lowest BCUT2D eigenvalue weighted by Crippen LogP contribution is -2.04. The van der Waals surface area contributed by atoms with Gasteiger partial charge in [-0.3, -0.25) is 0 Å². The third-order valence-corrected chi connectivity index (χ3v) is 1.55. The first kappa shape index (κ1) is 7.47. The molecule has 0 aliphatic carbocycles. The molecule has 5 N–H and O–H groups in total. The Morgan fingerprint density at radius 3 is 2.38 bits per heavy atom. The molecule has 0 atom stereocenters. The van der Waals surface area contributed by atoms with Gasteiger partial charge in [0.25, 0.3) is 0 Å². The van der Waals surface area contributed by atoms with E-state index in [2.05, 4.69) is 25.4 Å². The average Bonchev–Trinajstić information content (AvgIpc) is 2.57. The zero-order chi connectivity index (χ0) is 9.26. The summed E-state index contributed by atoms with van der Waals surface area (Å²) < 4.78 is 0. The van der Waals surface area contributed by atoms with Gasteiger partial charge in [0.2, 0.25) is 0 Å². The number of nitrogens with two attached hydrogens (primary N) is 2. The second kappa shape index (κ2) is 2.70. The molecule has 0 aliphatic heterocycles. The van der Waals surface area contributed by atoms with E-state index in [1.54, 1.807) is 12.4 Å². The fourth-order valence-corrected chi connectivity index (χ4v) is 0.995. The minimum Gasteiger partial charge on any atom is -0.381 e. The van der Waals surface area contributed by atoms with Gasteiger partial charge in [-0.1, -0.05) is 0 Å². The Bertz CT molecular complexity index is 387. The average molecular weight is 177 g/mol. The minimum absolute atomic E-state index is 0.211. The second-order valence-corrected chi connectivity index (χ2v) is 2.37. The van der Waals surface area contributed by atoms with Crippen LogP contribution in [-0.4, -0.2) is 25.4 Å². The number of H-pyrrole nitrogens is 1. The lowest BCUT2D eigenvalue weighted by Gasteiger charge is -2.01. The molecule has 0 aliphatic rings. The van der Waals surface area contributed by atoms with Crippen molar-refractivity contribution in [3.8, 4) is 11.4 Å². The molecule has 0 saturated heterocycles. The maximum Gasteiger partial charge on any atom is 0.162 e. The Morgan fingerprint density at radius 2 is 1.85 bits per heavy atom. The van der Waals surface area contributed by atoms with Gasteiger partial charge in [-0.25, -0.2) is 4.98 Å². The minimum atomic E-state index is 0.211. The van der Waals surface area contributed by atoms with Crippen LogP contribution >= 0.6 is 0 Å². The van der Waals surface area contributed by atoms with Gasteiger partial charge in [0.05, 0.1) is 0 Å². The van der Waals surface area contributed by atoms with E-state index in [0.717, 1.165) is 0 Å². The first-order valence-electron chi connectivity index (χ1n) is 3.53. The van der Waals surface area contributed by atoms with Crippen LogP contribution in [0.25, 0.3) is 11.4 Å². The standard InChI is InChI=1S/C6H7N7/c7-4-3(5(8)12-13-11-4)6-9-1-2-10-6/h1-2H,(H,9,10)(H4,7,8,11,12). The molecule has 0 spiro atoms. The van der Waals surface area contributed by atoms with Crippen molar-refractivity contribution in [3.63, 3.8) is 0 Å². The monoisotopic (exact) mass is 177 g/mol. The van der Waals surface area contributed by atoms with Gasteiger partial charge in [0.1, 0.15) is 11.4 Å². The van der Waals surface area contributed by atoms with Gasteiger partial charge >= 0.3 is 0 Å². The van der Waals surface area contributed by atoms with Gasteiger partial charge in [-0.05, 0) is 5.21 Å². The van der Waals surface area contributed by atoms with Crippen LogP contribution in [0.1, 0.15) is 0 Å². The molecular formula is C6H7N7. The van der Waals surface area contributed by atoms with Crippen molar-refractivity contribution in [3.05, 3.63) is 12.4 Å². The summed E-state index contributed by atoms with van der Waals surface area (Å²) in [6.07, 6.45) is 3.25. The summed E-state index contributed by atoms with van der Waals surface area (Å²) in [6.45, 7) is 0. The molecule has 7 nitrogen and oxygen atoms in total. The van der Waals surface area contributed by atoms with Crippen molar-refractivity contribution in [2.45, 2.75) is 0 Å². The van der Waals surface area contributed by atoms with Gasteiger partial charge in [-0.15, -0.1) is 10.2 Å². The highest BCUT2D eigenvalue weighted by Crippen LogP contribution is 2.23. The second-order valence-electron chi connectivity index (χ2n) is 2.37. The summed E-state index contributed by atoms with van der Waals surface area (Å²) in [4.78, 5) is 6.84. The van der Waals surface area contributed by atoms with Crippen LogP contribution in [0.3, 0.4) is 0 Å². The van der Waals surface area contributed by atoms with E-state index >= 15 is 0 Å². The summed E-state index contributed by atoms with van der Waals surface area (Å²) in [7, 11) is 0. The lowest BCUT2D eigenvalue weighted by atomic mass is 10.3. The van der Waals surface area contributed by atoms with E-state index in [1.165, 1.54) is 0 Å². The fourth-order valence-electron chi connectivity index (χ4n) is 0.995. The summed E-state index contributed by atoms with van der Waals surface area (Å²) in [6, 6.07) is 0. The smallest absolute Gasteiger partial charge is 0.162 e. The van der Waals surface area contributed by atoms with Crippen LogP contribution in [-0.2, 0) is 0 Å². The summed E-state index contributed by atoms with van der Waals surface area (Å²) in [5.41, 5.74) is 11.6. The number of hydrogen-bond donors (Lipinski definition) is 3. The first-order valence-corrected chi connectivity index (χ1v) is 3.53. The highest BCUT2D eigenvalue weighted by atomic mass is 15.3. The maximum absolute atomic E-state index is 5.56. The van der Waals surface area contributed by atoms with Crippen LogP contribution in [0.4, 0.5) is 11.6 Å². The molecular weight excluding hydrogens is 170 g/mol. The molecule has 0 saturated carbocycles. The normalized spacial score (nSPS) is 10.2. The number of nitrogens with one attached hydrogen (secondary N) is 1. The van der Waals surface area contributed by atoms with Crippen molar-refractivity contribution in [2.24, 2.45) is 0 Å². The van der Waals surface area contributed by atoms with E-state index in [9.17, 15) is 0 Å². The molecule has 0 amide bonds. The molecule has 13 heavy (non-hydrogen) atoms. The number of nitrogen functional groups attached to an aromatic ring is 2. The highest BCUT2D eigenvalue weighted by molar-refractivity contribution is 5.77. The third kappa shape index (κ3) is 1.15. The van der Waals surface area contributed by atoms with Crippen molar-refractivity contribution < 1.29 is 0 Å². The van der Waals surface area contributed by atoms with Crippen LogP contribution in [0.15, 0.2) is 12.4 Å². The number of rotatable bonds is 1. The van der Waals surface area contributed by atoms with Gasteiger partial charge in [-0.2, -0.15) is 0 Å². The van der Waals surface area contributed by atoms with Crippen LogP contribution in [0.2, 0.25) is 0 Å². The van der Waals surface area contributed by atoms with E-state index in [-0.39, 0.29) is 11.6 Å². The topological polar surface area (TPSA) is 119 Å². The van der Waals surface area contributed by atoms with E-state index in [0.29, 0.717) is 11.4 Å². The molecule has 2 aromatic rings. The Morgan fingerprint density at radius 1 is 1.15 bits per heavy atom. The van der Waals surface area contributed by atoms with Gasteiger partial charge < -0.3 is 16.5 Å². The van der Waals surface area contributed by atoms with Crippen LogP contribution < -0.4 is 11.5 Å². The predicted octanol–water partition coefficient (Wildman–Crippen LogP) is -0.574. The first-order chi connectivity index (χ1) is 6.29. The maximum atomic E-state index is 5.56. The van der Waals surface area contributed by atoms with Gasteiger partial charge in [0, 0.05) is 12.4 Å². The van der Waals surface area contributed by atoms with Crippen molar-refractivity contribution >= 4 is 11.6 Å². The van der Waals surface area contributed by atoms with Crippen molar-refractivity contribution in [1.29, 1.82) is 0 Å². The highest BCUT2D eigenvalue weighted by Gasteiger charge is 2.11. The molecule has 0 fully saturated rings. The molecule has 0 bridgehead atoms. The Balaban J connectivity index is 2.64. The SMILES string of the molecule is Nc1nnnc(N)c1-c1ncc[nH]1. The number of anilines is 2. The quantitative estimate of drug-likeness (QED) is 0.536. The third-order valence-electron chi connectivity index (χ3n) is 1.55. The molecule has 2 rings (SSSR count). The summed E-state index contributed by atoms with van der Waals surface area (Å²) >= 11 is 0. The zero-order valence-corrected chi connectivity index (χ0v) is 6.60. The lowest BCUT2D eigenvalue weighted by molar-refractivity contribution is 0.882. The Labute approximate surface area is 73.2 Å². The van der Waals surface area contributed by atoms with Crippen LogP contribution in [0.5, 0.6) is 0 Å². The molecule has 2 aromatic heterocycles. The largest absolute Gasteiger partial charge is 0.381 e. The van der Waals surface area contributed by atoms with Crippen molar-refractivity contribution in [1.82, 2.24) is 25.4 Å². The number of nitrogens with zero attached hydrogens (tertiary/aromatic N) is 4. The van der Waals surface area contributed by atoms with E-state index in [4.69, 9.17) is 11.5 Å². The van der Waals surface area contributed by atoms with E-state index in [1.807, 2.05) is 0 Å². The molecule has 66 valence electrons. The summed E-state index contributed by atoms with van der Waals surface area (Å²) in [5, 5.41) is 10.5. The molecule has 2 heterocycles. The Kier molecular flexibility index (Phi) is 1.55. The number of imidazole rings is 1. The molecule has 0 radical (unpaired) electrons. The molecule has 0 unspecified atom stereocenters. The summed E-state index contributed by atoms with van der Waals surface area (Å²) in [5.74, 6) is 0.960. The van der Waals surface area contributed by atoms with Gasteiger partial charge in [0.15, 0.2) is 11.6 Å². The molecule has 0 aromatic carbocycles. The number of aromatic amines is 1.